The van der Waals surface area contributed by atoms with Crippen LogP contribution in [0.25, 0.3) is 32.8 Å². The third-order valence-corrected chi connectivity index (χ3v) is 6.59. The monoisotopic (exact) mass is 375 g/mol. The smallest absolute Gasteiger partial charge is 0.134 e. The van der Waals surface area contributed by atoms with Gasteiger partial charge in [-0.05, 0) is 73.2 Å². The SMILES string of the molecule is COc1ccc(-c2cc(-c3ccco3)c3c4c(sc3n2)CC(C)CC4)cc1. The molecule has 3 aromatic heterocycles. The van der Waals surface area contributed by atoms with E-state index in [9.17, 15) is 0 Å². The largest absolute Gasteiger partial charge is 0.497 e. The number of aromatic nitrogens is 1. The zero-order chi connectivity index (χ0) is 18.4. The number of rotatable bonds is 3. The lowest BCUT2D eigenvalue weighted by Crippen LogP contribution is -2.08. The molecule has 4 heteroatoms. The first-order valence-electron chi connectivity index (χ1n) is 9.36. The average molecular weight is 375 g/mol. The van der Waals surface area contributed by atoms with Gasteiger partial charge in [-0.1, -0.05) is 6.92 Å². The van der Waals surface area contributed by atoms with Crippen molar-refractivity contribution in [1.82, 2.24) is 4.98 Å². The predicted octanol–water partition coefficient (Wildman–Crippen LogP) is 6.36. The molecule has 0 amide bonds. The summed E-state index contributed by atoms with van der Waals surface area (Å²) in [5.41, 5.74) is 4.70. The van der Waals surface area contributed by atoms with Crippen LogP contribution in [-0.4, -0.2) is 12.1 Å². The van der Waals surface area contributed by atoms with Gasteiger partial charge in [-0.3, -0.25) is 0 Å². The Bertz CT molecular complexity index is 1090. The van der Waals surface area contributed by atoms with Crippen molar-refractivity contribution in [2.75, 3.05) is 7.11 Å². The fraction of sp³-hybridized carbons (Fsp3) is 0.261. The van der Waals surface area contributed by atoms with E-state index in [0.717, 1.165) is 51.9 Å². The van der Waals surface area contributed by atoms with E-state index < -0.39 is 0 Å². The van der Waals surface area contributed by atoms with Crippen molar-refractivity contribution in [2.45, 2.75) is 26.2 Å². The van der Waals surface area contributed by atoms with Crippen LogP contribution < -0.4 is 4.74 Å². The average Bonchev–Trinajstić information content (AvgIpc) is 3.34. The molecule has 0 fully saturated rings. The van der Waals surface area contributed by atoms with Crippen LogP contribution in [0, 0.1) is 5.92 Å². The highest BCUT2D eigenvalue weighted by molar-refractivity contribution is 7.19. The molecule has 5 rings (SSSR count). The molecule has 1 unspecified atom stereocenters. The van der Waals surface area contributed by atoms with E-state index in [-0.39, 0.29) is 0 Å². The Labute approximate surface area is 162 Å². The van der Waals surface area contributed by atoms with Crippen molar-refractivity contribution < 1.29 is 9.15 Å². The number of ether oxygens (including phenoxy) is 1. The number of fused-ring (bicyclic) bond motifs is 3. The minimum Gasteiger partial charge on any atom is -0.497 e. The lowest BCUT2D eigenvalue weighted by atomic mass is 9.88. The van der Waals surface area contributed by atoms with E-state index in [1.165, 1.54) is 22.2 Å². The molecule has 1 atom stereocenters. The molecule has 0 bridgehead atoms. The summed E-state index contributed by atoms with van der Waals surface area (Å²) in [5.74, 6) is 2.52. The lowest BCUT2D eigenvalue weighted by Gasteiger charge is -2.18. The number of pyridine rings is 1. The lowest BCUT2D eigenvalue weighted by molar-refractivity contribution is 0.415. The van der Waals surface area contributed by atoms with Crippen LogP contribution in [0.15, 0.2) is 53.1 Å². The fourth-order valence-corrected chi connectivity index (χ4v) is 5.39. The van der Waals surface area contributed by atoms with Gasteiger partial charge < -0.3 is 9.15 Å². The highest BCUT2D eigenvalue weighted by Gasteiger charge is 2.24. The van der Waals surface area contributed by atoms with Gasteiger partial charge >= 0.3 is 0 Å². The van der Waals surface area contributed by atoms with E-state index in [1.54, 1.807) is 13.4 Å². The van der Waals surface area contributed by atoms with Crippen molar-refractivity contribution in [1.29, 1.82) is 0 Å². The Balaban J connectivity index is 1.74. The predicted molar refractivity (Wildman–Crippen MR) is 110 cm³/mol. The van der Waals surface area contributed by atoms with Gasteiger partial charge in [0.1, 0.15) is 16.3 Å². The molecule has 0 saturated heterocycles. The third-order valence-electron chi connectivity index (χ3n) is 5.44. The maximum absolute atomic E-state index is 5.79. The number of methoxy groups -OCH3 is 1. The Morgan fingerprint density at radius 3 is 2.78 bits per heavy atom. The van der Waals surface area contributed by atoms with E-state index in [0.29, 0.717) is 0 Å². The van der Waals surface area contributed by atoms with Gasteiger partial charge in [-0.25, -0.2) is 4.98 Å². The molecule has 0 saturated carbocycles. The summed E-state index contributed by atoms with van der Waals surface area (Å²) in [4.78, 5) is 7.65. The van der Waals surface area contributed by atoms with Crippen molar-refractivity contribution in [2.24, 2.45) is 5.92 Å². The second kappa shape index (κ2) is 6.54. The standard InChI is InChI=1S/C23H21NO2S/c1-14-5-10-17-21(12-14)27-23-22(17)18(20-4-3-11-26-20)13-19(24-23)15-6-8-16(25-2)9-7-15/h3-4,6-9,11,13-14H,5,10,12H2,1-2H3. The molecule has 1 aliphatic carbocycles. The van der Waals surface area contributed by atoms with Gasteiger partial charge in [0.25, 0.3) is 0 Å². The number of thiophene rings is 1. The molecule has 3 nitrogen and oxygen atoms in total. The van der Waals surface area contributed by atoms with Crippen LogP contribution in [0.5, 0.6) is 5.75 Å². The first-order valence-corrected chi connectivity index (χ1v) is 10.2. The summed E-state index contributed by atoms with van der Waals surface area (Å²) in [5, 5.41) is 1.29. The Morgan fingerprint density at radius 2 is 2.04 bits per heavy atom. The second-order valence-corrected chi connectivity index (χ2v) is 8.38. The summed E-state index contributed by atoms with van der Waals surface area (Å²) in [6.07, 6.45) is 5.28. The summed E-state index contributed by atoms with van der Waals surface area (Å²) >= 11 is 1.85. The van der Waals surface area contributed by atoms with Gasteiger partial charge in [-0.15, -0.1) is 11.3 Å². The van der Waals surface area contributed by atoms with E-state index >= 15 is 0 Å². The first-order chi connectivity index (χ1) is 13.2. The number of hydrogen-bond donors (Lipinski definition) is 0. The minimum atomic E-state index is 0.749. The summed E-state index contributed by atoms with van der Waals surface area (Å²) < 4.78 is 11.1. The quantitative estimate of drug-likeness (QED) is 0.418. The van der Waals surface area contributed by atoms with Crippen molar-refractivity contribution >= 4 is 21.6 Å². The van der Waals surface area contributed by atoms with Crippen LogP contribution in [0.3, 0.4) is 0 Å². The number of furan rings is 1. The van der Waals surface area contributed by atoms with E-state index in [1.807, 2.05) is 35.6 Å². The van der Waals surface area contributed by atoms with Gasteiger partial charge in [-0.2, -0.15) is 0 Å². The zero-order valence-electron chi connectivity index (χ0n) is 15.5. The fourth-order valence-electron chi connectivity index (χ4n) is 3.98. The van der Waals surface area contributed by atoms with Crippen molar-refractivity contribution in [3.8, 4) is 28.3 Å². The molecule has 3 heterocycles. The molecule has 0 N–H and O–H groups in total. The molecule has 1 aliphatic rings. The Hall–Kier alpha value is -2.59. The van der Waals surface area contributed by atoms with Crippen LogP contribution in [0.1, 0.15) is 23.8 Å². The molecule has 1 aromatic carbocycles. The Morgan fingerprint density at radius 1 is 1.19 bits per heavy atom. The van der Waals surface area contributed by atoms with Gasteiger partial charge in [0, 0.05) is 21.4 Å². The van der Waals surface area contributed by atoms with Crippen molar-refractivity contribution in [3.63, 3.8) is 0 Å². The van der Waals surface area contributed by atoms with Crippen LogP contribution in [0.2, 0.25) is 0 Å². The van der Waals surface area contributed by atoms with E-state index in [4.69, 9.17) is 14.1 Å². The van der Waals surface area contributed by atoms with Crippen LogP contribution >= 0.6 is 11.3 Å². The normalized spacial score (nSPS) is 16.4. The number of hydrogen-bond acceptors (Lipinski definition) is 4. The molecule has 4 aromatic rings. The van der Waals surface area contributed by atoms with Crippen LogP contribution in [0.4, 0.5) is 0 Å². The zero-order valence-corrected chi connectivity index (χ0v) is 16.3. The summed E-state index contributed by atoms with van der Waals surface area (Å²) in [6.45, 7) is 2.34. The molecule has 0 radical (unpaired) electrons. The first kappa shape index (κ1) is 16.6. The third kappa shape index (κ3) is 2.85. The van der Waals surface area contributed by atoms with Gasteiger partial charge in [0.05, 0.1) is 19.1 Å². The highest BCUT2D eigenvalue weighted by atomic mass is 32.1. The van der Waals surface area contributed by atoms with Gasteiger partial charge in [0.2, 0.25) is 0 Å². The summed E-state index contributed by atoms with van der Waals surface area (Å²) in [6, 6.07) is 14.3. The second-order valence-electron chi connectivity index (χ2n) is 7.29. The van der Waals surface area contributed by atoms with E-state index in [2.05, 4.69) is 25.1 Å². The Kier molecular flexibility index (Phi) is 4.01. The van der Waals surface area contributed by atoms with Crippen molar-refractivity contribution in [3.05, 3.63) is 59.2 Å². The molecular formula is C23H21NO2S. The maximum atomic E-state index is 5.79. The maximum Gasteiger partial charge on any atom is 0.134 e. The molecule has 0 spiro atoms. The molecule has 27 heavy (non-hydrogen) atoms. The van der Waals surface area contributed by atoms with Gasteiger partial charge in [0.15, 0.2) is 0 Å². The molecular weight excluding hydrogens is 354 g/mol. The topological polar surface area (TPSA) is 35.3 Å². The molecule has 136 valence electrons. The number of aryl methyl sites for hydroxylation is 1. The number of nitrogens with zero attached hydrogens (tertiary/aromatic N) is 1. The van der Waals surface area contributed by atoms with Crippen LogP contribution in [-0.2, 0) is 12.8 Å². The highest BCUT2D eigenvalue weighted by Crippen LogP contribution is 2.43. The number of benzene rings is 1. The minimum absolute atomic E-state index is 0.749. The summed E-state index contributed by atoms with van der Waals surface area (Å²) in [7, 11) is 1.69. The molecule has 0 aliphatic heterocycles.